The van der Waals surface area contributed by atoms with E-state index in [1.165, 1.54) is 14.0 Å². The molecule has 1 aromatic rings. The highest BCUT2D eigenvalue weighted by molar-refractivity contribution is 5.96. The van der Waals surface area contributed by atoms with E-state index in [-0.39, 0.29) is 11.8 Å². The van der Waals surface area contributed by atoms with Crippen LogP contribution in [-0.4, -0.2) is 25.0 Å². The van der Waals surface area contributed by atoms with Gasteiger partial charge in [0, 0.05) is 18.7 Å². The lowest BCUT2D eigenvalue weighted by molar-refractivity contribution is -0.117. The van der Waals surface area contributed by atoms with Crippen LogP contribution in [0.15, 0.2) is 18.2 Å². The molecule has 1 aromatic carbocycles. The van der Waals surface area contributed by atoms with E-state index in [9.17, 15) is 9.59 Å². The van der Waals surface area contributed by atoms with Gasteiger partial charge in [-0.3, -0.25) is 9.59 Å². The van der Waals surface area contributed by atoms with Crippen LogP contribution in [-0.2, 0) is 9.59 Å². The highest BCUT2D eigenvalue weighted by Gasteiger charge is 2.16. The lowest BCUT2D eigenvalue weighted by atomic mass is 10.0. The molecule has 116 valence electrons. The third kappa shape index (κ3) is 5.43. The van der Waals surface area contributed by atoms with Crippen molar-refractivity contribution in [2.75, 3.05) is 17.7 Å². The van der Waals surface area contributed by atoms with E-state index in [1.54, 1.807) is 18.2 Å². The molecule has 1 rings (SSSR count). The van der Waals surface area contributed by atoms with E-state index in [0.29, 0.717) is 29.5 Å². The molecule has 0 heterocycles. The number of carbonyl (C=O) groups excluding carboxylic acids is 2. The second-order valence-electron chi connectivity index (χ2n) is 5.32. The van der Waals surface area contributed by atoms with Gasteiger partial charge in [-0.05, 0) is 24.5 Å². The standard InChI is InChI=1S/C15H23N3O3/c1-9(2)7-12(16)15(20)18-11-5-6-13(17-10(3)19)14(8-11)21-4/h5-6,8-9,12H,7,16H2,1-4H3,(H,17,19)(H,18,20)/t12-/m0/s1. The Hall–Kier alpha value is -2.08. The zero-order valence-corrected chi connectivity index (χ0v) is 12.9. The number of nitrogens with one attached hydrogen (secondary N) is 2. The van der Waals surface area contributed by atoms with Gasteiger partial charge < -0.3 is 21.1 Å². The fourth-order valence-electron chi connectivity index (χ4n) is 1.91. The third-order valence-electron chi connectivity index (χ3n) is 2.84. The van der Waals surface area contributed by atoms with Crippen LogP contribution in [0, 0.1) is 5.92 Å². The Labute approximate surface area is 125 Å². The van der Waals surface area contributed by atoms with Crippen LogP contribution in [0.25, 0.3) is 0 Å². The van der Waals surface area contributed by atoms with E-state index < -0.39 is 6.04 Å². The number of anilines is 2. The Morgan fingerprint density at radius 1 is 1.29 bits per heavy atom. The molecule has 0 bridgehead atoms. The summed E-state index contributed by atoms with van der Waals surface area (Å²) >= 11 is 0. The Morgan fingerprint density at radius 2 is 1.95 bits per heavy atom. The molecule has 4 N–H and O–H groups in total. The molecule has 0 aromatic heterocycles. The molecular formula is C15H23N3O3. The number of ether oxygens (including phenoxy) is 1. The summed E-state index contributed by atoms with van der Waals surface area (Å²) in [6, 6.07) is 4.45. The maximum absolute atomic E-state index is 12.0. The molecule has 6 heteroatoms. The summed E-state index contributed by atoms with van der Waals surface area (Å²) < 4.78 is 5.20. The Balaban J connectivity index is 2.80. The van der Waals surface area contributed by atoms with Gasteiger partial charge in [0.2, 0.25) is 11.8 Å². The highest BCUT2D eigenvalue weighted by Crippen LogP contribution is 2.28. The van der Waals surface area contributed by atoms with E-state index in [1.807, 2.05) is 13.8 Å². The van der Waals surface area contributed by atoms with Gasteiger partial charge in [0.25, 0.3) is 0 Å². The Bertz CT molecular complexity index is 515. The fourth-order valence-corrected chi connectivity index (χ4v) is 1.91. The monoisotopic (exact) mass is 293 g/mol. The van der Waals surface area contributed by atoms with Crippen molar-refractivity contribution in [1.82, 2.24) is 0 Å². The zero-order valence-electron chi connectivity index (χ0n) is 12.9. The molecule has 0 saturated carbocycles. The van der Waals surface area contributed by atoms with Crippen molar-refractivity contribution in [3.63, 3.8) is 0 Å². The third-order valence-corrected chi connectivity index (χ3v) is 2.84. The summed E-state index contributed by atoms with van der Waals surface area (Å²) in [6.07, 6.45) is 0.618. The van der Waals surface area contributed by atoms with Gasteiger partial charge in [0.1, 0.15) is 5.75 Å². The van der Waals surface area contributed by atoms with Gasteiger partial charge in [0.15, 0.2) is 0 Å². The molecular weight excluding hydrogens is 270 g/mol. The number of benzene rings is 1. The van der Waals surface area contributed by atoms with Crippen molar-refractivity contribution >= 4 is 23.2 Å². The minimum atomic E-state index is -0.550. The van der Waals surface area contributed by atoms with Crippen molar-refractivity contribution in [3.8, 4) is 5.75 Å². The second-order valence-corrected chi connectivity index (χ2v) is 5.32. The van der Waals surface area contributed by atoms with Crippen LogP contribution < -0.4 is 21.1 Å². The summed E-state index contributed by atoms with van der Waals surface area (Å²) in [7, 11) is 1.50. The number of methoxy groups -OCH3 is 1. The second kappa shape index (κ2) is 7.64. The average molecular weight is 293 g/mol. The molecule has 6 nitrogen and oxygen atoms in total. The predicted molar refractivity (Wildman–Crippen MR) is 83.4 cm³/mol. The molecule has 2 amide bonds. The lowest BCUT2D eigenvalue weighted by Gasteiger charge is -2.15. The number of hydrogen-bond donors (Lipinski definition) is 3. The molecule has 0 aliphatic heterocycles. The van der Waals surface area contributed by atoms with Gasteiger partial charge in [-0.2, -0.15) is 0 Å². The molecule has 0 fully saturated rings. The van der Waals surface area contributed by atoms with Gasteiger partial charge in [-0.1, -0.05) is 13.8 Å². The van der Waals surface area contributed by atoms with Crippen LogP contribution in [0.4, 0.5) is 11.4 Å². The molecule has 0 unspecified atom stereocenters. The molecule has 0 aliphatic carbocycles. The highest BCUT2D eigenvalue weighted by atomic mass is 16.5. The summed E-state index contributed by atoms with van der Waals surface area (Å²) in [4.78, 5) is 23.0. The minimum absolute atomic E-state index is 0.191. The lowest BCUT2D eigenvalue weighted by Crippen LogP contribution is -2.36. The molecule has 21 heavy (non-hydrogen) atoms. The predicted octanol–water partition coefficient (Wildman–Crippen LogP) is 1.97. The number of hydrogen-bond acceptors (Lipinski definition) is 4. The first-order valence-electron chi connectivity index (χ1n) is 6.85. The van der Waals surface area contributed by atoms with Gasteiger partial charge in [0.05, 0.1) is 18.8 Å². The van der Waals surface area contributed by atoms with Crippen LogP contribution >= 0.6 is 0 Å². The van der Waals surface area contributed by atoms with E-state index in [2.05, 4.69) is 10.6 Å². The maximum atomic E-state index is 12.0. The molecule has 0 radical (unpaired) electrons. The van der Waals surface area contributed by atoms with E-state index in [0.717, 1.165) is 0 Å². The smallest absolute Gasteiger partial charge is 0.241 e. The van der Waals surface area contributed by atoms with E-state index >= 15 is 0 Å². The van der Waals surface area contributed by atoms with Crippen molar-refractivity contribution in [3.05, 3.63) is 18.2 Å². The summed E-state index contributed by atoms with van der Waals surface area (Å²) in [6.45, 7) is 5.44. The van der Waals surface area contributed by atoms with Crippen molar-refractivity contribution in [2.45, 2.75) is 33.2 Å². The Morgan fingerprint density at radius 3 is 2.48 bits per heavy atom. The number of amides is 2. The average Bonchev–Trinajstić information content (AvgIpc) is 2.39. The molecule has 1 atom stereocenters. The normalized spacial score (nSPS) is 11.9. The van der Waals surface area contributed by atoms with Crippen LogP contribution in [0.3, 0.4) is 0 Å². The van der Waals surface area contributed by atoms with Crippen LogP contribution in [0.5, 0.6) is 5.75 Å². The number of nitrogens with two attached hydrogens (primary N) is 1. The first kappa shape index (κ1) is 17.0. The molecule has 0 aliphatic rings. The van der Waals surface area contributed by atoms with Crippen molar-refractivity contribution in [2.24, 2.45) is 11.7 Å². The summed E-state index contributed by atoms with van der Waals surface area (Å²) in [5.74, 6) is 0.393. The van der Waals surface area contributed by atoms with Crippen LogP contribution in [0.1, 0.15) is 27.2 Å². The quantitative estimate of drug-likeness (QED) is 0.747. The number of rotatable bonds is 6. The minimum Gasteiger partial charge on any atom is -0.494 e. The zero-order chi connectivity index (χ0) is 16.0. The van der Waals surface area contributed by atoms with Gasteiger partial charge >= 0.3 is 0 Å². The van der Waals surface area contributed by atoms with Crippen LogP contribution in [0.2, 0.25) is 0 Å². The molecule has 0 saturated heterocycles. The Kier molecular flexibility index (Phi) is 6.17. The topological polar surface area (TPSA) is 93.4 Å². The van der Waals surface area contributed by atoms with Crippen molar-refractivity contribution < 1.29 is 14.3 Å². The maximum Gasteiger partial charge on any atom is 0.241 e. The SMILES string of the molecule is COc1cc(NC(=O)[C@@H](N)CC(C)C)ccc1NC(C)=O. The van der Waals surface area contributed by atoms with Gasteiger partial charge in [-0.15, -0.1) is 0 Å². The van der Waals surface area contributed by atoms with Crippen molar-refractivity contribution in [1.29, 1.82) is 0 Å². The van der Waals surface area contributed by atoms with Gasteiger partial charge in [-0.25, -0.2) is 0 Å². The first-order valence-corrected chi connectivity index (χ1v) is 6.85. The summed E-state index contributed by atoms with van der Waals surface area (Å²) in [5.41, 5.74) is 6.96. The first-order chi connectivity index (χ1) is 9.83. The largest absolute Gasteiger partial charge is 0.494 e. The fraction of sp³-hybridized carbons (Fsp3) is 0.467. The number of carbonyl (C=O) groups is 2. The van der Waals surface area contributed by atoms with E-state index in [4.69, 9.17) is 10.5 Å². The summed E-state index contributed by atoms with van der Waals surface area (Å²) in [5, 5.41) is 5.40. The molecule has 0 spiro atoms.